The van der Waals surface area contributed by atoms with Crippen LogP contribution < -0.4 is 5.56 Å². The zero-order valence-corrected chi connectivity index (χ0v) is 27.6. The van der Waals surface area contributed by atoms with Gasteiger partial charge in [-0.2, -0.15) is 23.3 Å². The topological polar surface area (TPSA) is 70.5 Å². The van der Waals surface area contributed by atoms with E-state index in [9.17, 15) is 22.4 Å². The van der Waals surface area contributed by atoms with Gasteiger partial charge in [-0.3, -0.25) is 9.48 Å². The first-order valence-electron chi connectivity index (χ1n) is 15.7. The first-order chi connectivity index (χ1) is 24.1. The van der Waals surface area contributed by atoms with Crippen LogP contribution in [0.1, 0.15) is 33.6 Å². The van der Waals surface area contributed by atoms with E-state index in [0.29, 0.717) is 41.5 Å². The van der Waals surface area contributed by atoms with E-state index in [1.165, 1.54) is 36.0 Å². The van der Waals surface area contributed by atoms with Crippen LogP contribution in [0.25, 0.3) is 22.2 Å². The van der Waals surface area contributed by atoms with Crippen LogP contribution in [0.15, 0.2) is 126 Å². The van der Waals surface area contributed by atoms with Gasteiger partial charge in [0.2, 0.25) is 0 Å². The molecule has 0 radical (unpaired) electrons. The van der Waals surface area contributed by atoms with Gasteiger partial charge in [-0.1, -0.05) is 72.4 Å². The van der Waals surface area contributed by atoms with Gasteiger partial charge in [-0.25, -0.2) is 9.37 Å². The molecule has 0 saturated heterocycles. The summed E-state index contributed by atoms with van der Waals surface area (Å²) >= 11 is 1.39. The number of benzene rings is 4. The molecule has 0 atom stereocenters. The van der Waals surface area contributed by atoms with Crippen molar-refractivity contribution >= 4 is 22.8 Å². The van der Waals surface area contributed by atoms with Crippen LogP contribution >= 0.6 is 11.8 Å². The van der Waals surface area contributed by atoms with Crippen LogP contribution in [0, 0.1) is 5.82 Å². The highest BCUT2D eigenvalue weighted by Gasteiger charge is 2.30. The number of para-hydroxylation sites is 2. The SMILES string of the molecule is Cn1cc(Cc2cn(Cc3nc4ccccc4n3Cc3ccc(-c4ccc(C(F)(F)F)cc4)cc3)c(SCc3ccc(F)cc3)nc2=O)cn1. The Kier molecular flexibility index (Phi) is 9.11. The second-order valence-electron chi connectivity index (χ2n) is 12.0. The summed E-state index contributed by atoms with van der Waals surface area (Å²) < 4.78 is 58.5. The van der Waals surface area contributed by atoms with Crippen LogP contribution in [0.5, 0.6) is 0 Å². The van der Waals surface area contributed by atoms with Gasteiger partial charge in [-0.05, 0) is 64.2 Å². The van der Waals surface area contributed by atoms with Crippen molar-refractivity contribution in [2.75, 3.05) is 0 Å². The van der Waals surface area contributed by atoms with Crippen molar-refractivity contribution in [1.82, 2.24) is 28.9 Å². The maximum absolute atomic E-state index is 13.5. The first kappa shape index (κ1) is 33.0. The van der Waals surface area contributed by atoms with E-state index in [4.69, 9.17) is 4.98 Å². The van der Waals surface area contributed by atoms with Gasteiger partial charge >= 0.3 is 6.18 Å². The number of thioether (sulfide) groups is 1. The highest BCUT2D eigenvalue weighted by molar-refractivity contribution is 7.98. The lowest BCUT2D eigenvalue weighted by Crippen LogP contribution is -2.21. The zero-order valence-electron chi connectivity index (χ0n) is 26.8. The number of fused-ring (bicyclic) bond motifs is 1. The predicted molar refractivity (Wildman–Crippen MR) is 185 cm³/mol. The average Bonchev–Trinajstić information content (AvgIpc) is 3.68. The maximum atomic E-state index is 13.5. The summed E-state index contributed by atoms with van der Waals surface area (Å²) in [6.45, 7) is 0.800. The fourth-order valence-electron chi connectivity index (χ4n) is 5.79. The molecule has 3 heterocycles. The number of alkyl halides is 3. The highest BCUT2D eigenvalue weighted by atomic mass is 32.2. The number of hydrogen-bond donors (Lipinski definition) is 0. The van der Waals surface area contributed by atoms with Gasteiger partial charge in [0.1, 0.15) is 11.6 Å². The van der Waals surface area contributed by atoms with Crippen molar-refractivity contribution in [3.63, 3.8) is 0 Å². The lowest BCUT2D eigenvalue weighted by molar-refractivity contribution is -0.137. The summed E-state index contributed by atoms with van der Waals surface area (Å²) in [5, 5.41) is 4.74. The van der Waals surface area contributed by atoms with Crippen molar-refractivity contribution in [3.8, 4) is 11.1 Å². The minimum atomic E-state index is -4.39. The maximum Gasteiger partial charge on any atom is 0.416 e. The van der Waals surface area contributed by atoms with Gasteiger partial charge in [0.15, 0.2) is 5.16 Å². The Labute approximate surface area is 288 Å². The Morgan fingerprint density at radius 2 is 1.44 bits per heavy atom. The third kappa shape index (κ3) is 7.40. The monoisotopic (exact) mass is 694 g/mol. The quantitative estimate of drug-likeness (QED) is 0.0822. The summed E-state index contributed by atoms with van der Waals surface area (Å²) in [5.74, 6) is 0.914. The first-order valence-corrected chi connectivity index (χ1v) is 16.7. The molecule has 0 aliphatic heterocycles. The van der Waals surface area contributed by atoms with Gasteiger partial charge < -0.3 is 9.13 Å². The number of aromatic nitrogens is 6. The molecule has 0 amide bonds. The van der Waals surface area contributed by atoms with E-state index in [0.717, 1.165) is 51.2 Å². The molecule has 0 aliphatic rings. The molecule has 4 aromatic carbocycles. The third-order valence-electron chi connectivity index (χ3n) is 8.35. The minimum Gasteiger partial charge on any atom is -0.322 e. The Morgan fingerprint density at radius 1 is 0.760 bits per heavy atom. The van der Waals surface area contributed by atoms with E-state index in [-0.39, 0.29) is 11.4 Å². The van der Waals surface area contributed by atoms with E-state index in [1.54, 1.807) is 23.0 Å². The van der Waals surface area contributed by atoms with Crippen LogP contribution in [0.3, 0.4) is 0 Å². The fraction of sp³-hybridized carbons (Fsp3) is 0.158. The third-order valence-corrected chi connectivity index (χ3v) is 9.41. The summed E-state index contributed by atoms with van der Waals surface area (Å²) in [6, 6.07) is 26.9. The Morgan fingerprint density at radius 3 is 2.12 bits per heavy atom. The molecule has 0 fully saturated rings. The van der Waals surface area contributed by atoms with Gasteiger partial charge in [0.25, 0.3) is 5.56 Å². The van der Waals surface area contributed by atoms with Crippen molar-refractivity contribution in [2.45, 2.75) is 36.6 Å². The van der Waals surface area contributed by atoms with Crippen molar-refractivity contribution in [2.24, 2.45) is 7.05 Å². The van der Waals surface area contributed by atoms with E-state index in [1.807, 2.05) is 72.5 Å². The van der Waals surface area contributed by atoms with Crippen molar-refractivity contribution < 1.29 is 17.6 Å². The molecule has 7 nitrogen and oxygen atoms in total. The molecule has 7 aromatic rings. The molecule has 7 rings (SSSR count). The molecule has 252 valence electrons. The van der Waals surface area contributed by atoms with E-state index >= 15 is 0 Å². The number of halogens is 4. The fourth-order valence-corrected chi connectivity index (χ4v) is 6.71. The molecule has 12 heteroatoms. The second-order valence-corrected chi connectivity index (χ2v) is 12.9. The summed E-state index contributed by atoms with van der Waals surface area (Å²) in [4.78, 5) is 22.8. The van der Waals surface area contributed by atoms with E-state index < -0.39 is 11.7 Å². The van der Waals surface area contributed by atoms with Crippen molar-refractivity contribution in [1.29, 1.82) is 0 Å². The standard InChI is InChI=1S/C38H30F4N6OS/c1-46-20-27(19-43-46)18-30-22-47(37(45-36(30)49)50-24-26-8-16-32(39)17-9-26)23-35-44-33-4-2-3-5-34(33)48(35)21-25-6-10-28(11-7-25)29-12-14-31(15-13-29)38(40,41)42/h2-17,19-20,22H,18,21,23-24H2,1H3. The molecular formula is C38H30F4N6OS. The Balaban J connectivity index is 1.21. The molecule has 3 aromatic heterocycles. The molecule has 0 N–H and O–H groups in total. The molecule has 0 bridgehead atoms. The normalized spacial score (nSPS) is 11.8. The van der Waals surface area contributed by atoms with Crippen LogP contribution in [-0.2, 0) is 38.5 Å². The number of hydrogen-bond acceptors (Lipinski definition) is 5. The Hall–Kier alpha value is -5.49. The summed E-state index contributed by atoms with van der Waals surface area (Å²) in [7, 11) is 1.82. The summed E-state index contributed by atoms with van der Waals surface area (Å²) in [5.41, 5.74) is 5.51. The van der Waals surface area contributed by atoms with Crippen LogP contribution in [0.2, 0.25) is 0 Å². The number of nitrogens with zero attached hydrogens (tertiary/aromatic N) is 6. The second kappa shape index (κ2) is 13.8. The van der Waals surface area contributed by atoms with E-state index in [2.05, 4.69) is 14.6 Å². The smallest absolute Gasteiger partial charge is 0.322 e. The van der Waals surface area contributed by atoms with Crippen molar-refractivity contribution in [3.05, 3.63) is 165 Å². The molecule has 0 unspecified atom stereocenters. The lowest BCUT2D eigenvalue weighted by Gasteiger charge is -2.16. The molecule has 0 aliphatic carbocycles. The van der Waals surface area contributed by atoms with Gasteiger partial charge in [-0.15, -0.1) is 0 Å². The molecule has 50 heavy (non-hydrogen) atoms. The molecule has 0 spiro atoms. The number of imidazole rings is 1. The lowest BCUT2D eigenvalue weighted by atomic mass is 10.0. The number of aryl methyl sites for hydroxylation is 1. The molecular weight excluding hydrogens is 665 g/mol. The number of rotatable bonds is 10. The zero-order chi connectivity index (χ0) is 34.8. The van der Waals surface area contributed by atoms with Gasteiger partial charge in [0, 0.05) is 43.7 Å². The predicted octanol–water partition coefficient (Wildman–Crippen LogP) is 8.13. The summed E-state index contributed by atoms with van der Waals surface area (Å²) in [6.07, 6.45) is 1.40. The highest BCUT2D eigenvalue weighted by Crippen LogP contribution is 2.31. The van der Waals surface area contributed by atoms with Crippen LogP contribution in [0.4, 0.5) is 17.6 Å². The minimum absolute atomic E-state index is 0.317. The average molecular weight is 695 g/mol. The molecule has 0 saturated carbocycles. The Bertz CT molecular complexity index is 2330. The van der Waals surface area contributed by atoms with Gasteiger partial charge in [0.05, 0.1) is 29.3 Å². The largest absolute Gasteiger partial charge is 0.416 e. The van der Waals surface area contributed by atoms with Crippen LogP contribution in [-0.4, -0.2) is 28.9 Å².